The number of carbonyl (C=O) groups is 3. The highest BCUT2D eigenvalue weighted by Gasteiger charge is 2.58. The van der Waals surface area contributed by atoms with Crippen LogP contribution < -0.4 is 24.6 Å². The van der Waals surface area contributed by atoms with Crippen molar-refractivity contribution < 1.29 is 42.1 Å². The Morgan fingerprint density at radius 3 is 2.33 bits per heavy atom. The number of methoxy groups -OCH3 is 2. The van der Waals surface area contributed by atoms with Gasteiger partial charge in [0.2, 0.25) is 17.7 Å². The van der Waals surface area contributed by atoms with Gasteiger partial charge in [-0.25, -0.2) is 4.90 Å². The number of nitrogens with zero attached hydrogens (tertiary/aromatic N) is 2. The van der Waals surface area contributed by atoms with Crippen LogP contribution in [-0.2, 0) is 27.1 Å². The number of halogens is 3. The number of benzene rings is 3. The highest BCUT2D eigenvalue weighted by molar-refractivity contribution is 8.00. The number of thiazole rings is 1. The van der Waals surface area contributed by atoms with Crippen LogP contribution in [-0.4, -0.2) is 46.9 Å². The Kier molecular flexibility index (Phi) is 8.06. The van der Waals surface area contributed by atoms with Crippen molar-refractivity contribution in [3.05, 3.63) is 92.4 Å². The lowest BCUT2D eigenvalue weighted by Gasteiger charge is -2.31. The van der Waals surface area contributed by atoms with Crippen molar-refractivity contribution in [3.63, 3.8) is 0 Å². The number of hydrogen-bond acceptors (Lipinski definition) is 9. The molecule has 3 aromatic carbocycles. The fourth-order valence-electron chi connectivity index (χ4n) is 5.70. The van der Waals surface area contributed by atoms with Gasteiger partial charge in [0.15, 0.2) is 11.5 Å². The Balaban J connectivity index is 1.46. The number of alkyl halides is 3. The van der Waals surface area contributed by atoms with Crippen LogP contribution in [0.15, 0.2) is 76.6 Å². The van der Waals surface area contributed by atoms with E-state index in [1.165, 1.54) is 55.2 Å². The molecular formula is C31H24F3N3O7S2. The minimum atomic E-state index is -4.84. The first-order valence-electron chi connectivity index (χ1n) is 13.7. The van der Waals surface area contributed by atoms with Crippen LogP contribution >= 0.6 is 23.1 Å². The van der Waals surface area contributed by atoms with E-state index < -0.39 is 63.7 Å². The lowest BCUT2D eigenvalue weighted by atomic mass is 9.83. The zero-order chi connectivity index (χ0) is 32.9. The molecule has 2 aliphatic heterocycles. The highest BCUT2D eigenvalue weighted by atomic mass is 32.2. The summed E-state index contributed by atoms with van der Waals surface area (Å²) in [6, 6.07) is 14.9. The third kappa shape index (κ3) is 5.38. The van der Waals surface area contributed by atoms with E-state index in [-0.39, 0.29) is 10.8 Å². The first-order valence-corrected chi connectivity index (χ1v) is 15.4. The van der Waals surface area contributed by atoms with Gasteiger partial charge >= 0.3 is 11.0 Å². The molecule has 2 N–H and O–H groups in total. The van der Waals surface area contributed by atoms with Crippen molar-refractivity contribution in [2.45, 2.75) is 28.9 Å². The monoisotopic (exact) mass is 671 g/mol. The normalized spacial score (nSPS) is 19.1. The molecule has 0 spiro atoms. The Morgan fingerprint density at radius 2 is 1.65 bits per heavy atom. The molecule has 1 saturated heterocycles. The Labute approximate surface area is 267 Å². The maximum absolute atomic E-state index is 14.1. The molecule has 6 rings (SSSR count). The standard InChI is InChI=1S/C31H24F3N3O7S2/c1-43-20-12-7-15(13-21(20)44-2)23-24-25(28(41)37(27(24)40)19-6-4-3-5-18(19)31(32,33)34)45-29-26(23)46-30(42)36(29)14-22(39)35-16-8-10-17(38)11-9-16/h3-13,23-25,38H,14H2,1-2H3,(H,35,39)/t23-,24-,25+/m0/s1. The van der Waals surface area contributed by atoms with Crippen LogP contribution in [0, 0.1) is 5.92 Å². The summed E-state index contributed by atoms with van der Waals surface area (Å²) < 4.78 is 54.0. The van der Waals surface area contributed by atoms with E-state index in [9.17, 15) is 37.5 Å². The van der Waals surface area contributed by atoms with Crippen LogP contribution in [0.4, 0.5) is 24.5 Å². The predicted octanol–water partition coefficient (Wildman–Crippen LogP) is 5.09. The molecule has 0 aliphatic carbocycles. The number of thioether (sulfide) groups is 1. The molecule has 238 valence electrons. The molecule has 3 amide bonds. The number of ether oxygens (including phenoxy) is 2. The van der Waals surface area contributed by atoms with Crippen molar-refractivity contribution >= 4 is 52.2 Å². The van der Waals surface area contributed by atoms with Crippen LogP contribution in [0.5, 0.6) is 17.2 Å². The van der Waals surface area contributed by atoms with E-state index >= 15 is 0 Å². The summed E-state index contributed by atoms with van der Waals surface area (Å²) in [5.41, 5.74) is -0.893. The predicted molar refractivity (Wildman–Crippen MR) is 164 cm³/mol. The molecule has 0 bridgehead atoms. The third-order valence-electron chi connectivity index (χ3n) is 7.72. The van der Waals surface area contributed by atoms with Crippen LogP contribution in [0.3, 0.4) is 0 Å². The number of aromatic nitrogens is 1. The Hall–Kier alpha value is -4.76. The van der Waals surface area contributed by atoms with Crippen molar-refractivity contribution in [3.8, 4) is 17.2 Å². The molecule has 2 aliphatic rings. The van der Waals surface area contributed by atoms with Gasteiger partial charge in [-0.05, 0) is 54.1 Å². The number of anilines is 2. The van der Waals surface area contributed by atoms with Gasteiger partial charge < -0.3 is 19.9 Å². The number of nitrogens with one attached hydrogen (secondary N) is 1. The molecule has 15 heteroatoms. The van der Waals surface area contributed by atoms with Gasteiger partial charge in [0, 0.05) is 16.5 Å². The van der Waals surface area contributed by atoms with E-state index in [2.05, 4.69) is 5.32 Å². The second kappa shape index (κ2) is 11.9. The summed E-state index contributed by atoms with van der Waals surface area (Å²) in [7, 11) is 2.85. The molecule has 1 fully saturated rings. The van der Waals surface area contributed by atoms with E-state index in [0.717, 1.165) is 35.2 Å². The molecular weight excluding hydrogens is 647 g/mol. The third-order valence-corrected chi connectivity index (χ3v) is 10.3. The quantitative estimate of drug-likeness (QED) is 0.206. The van der Waals surface area contributed by atoms with Crippen LogP contribution in [0.2, 0.25) is 0 Å². The molecule has 0 radical (unpaired) electrons. The number of rotatable bonds is 7. The van der Waals surface area contributed by atoms with Crippen molar-refractivity contribution in [2.24, 2.45) is 5.92 Å². The van der Waals surface area contributed by atoms with Gasteiger partial charge in [0.1, 0.15) is 17.5 Å². The lowest BCUT2D eigenvalue weighted by molar-refractivity contribution is -0.137. The number of carbonyl (C=O) groups excluding carboxylic acids is 3. The van der Waals surface area contributed by atoms with Gasteiger partial charge in [-0.3, -0.25) is 23.7 Å². The van der Waals surface area contributed by atoms with Crippen LogP contribution in [0.1, 0.15) is 21.9 Å². The molecule has 4 aromatic rings. The number of para-hydroxylation sites is 1. The lowest BCUT2D eigenvalue weighted by Crippen LogP contribution is -2.33. The first-order chi connectivity index (χ1) is 21.9. The van der Waals surface area contributed by atoms with Gasteiger partial charge in [-0.2, -0.15) is 13.2 Å². The zero-order valence-corrected chi connectivity index (χ0v) is 25.7. The number of hydrogen-bond donors (Lipinski definition) is 2. The van der Waals surface area contributed by atoms with Crippen molar-refractivity contribution in [2.75, 3.05) is 24.4 Å². The summed E-state index contributed by atoms with van der Waals surface area (Å²) in [4.78, 5) is 54.9. The molecule has 0 unspecified atom stereocenters. The molecule has 46 heavy (non-hydrogen) atoms. The highest BCUT2D eigenvalue weighted by Crippen LogP contribution is 2.55. The van der Waals surface area contributed by atoms with Gasteiger partial charge in [-0.1, -0.05) is 41.3 Å². The molecule has 10 nitrogen and oxygen atoms in total. The van der Waals surface area contributed by atoms with Crippen molar-refractivity contribution in [1.29, 1.82) is 0 Å². The second-order valence-electron chi connectivity index (χ2n) is 10.4. The fraction of sp³-hybridized carbons (Fsp3) is 0.226. The molecule has 3 atom stereocenters. The van der Waals surface area contributed by atoms with Crippen LogP contribution in [0.25, 0.3) is 0 Å². The minimum absolute atomic E-state index is 0.00374. The Morgan fingerprint density at radius 1 is 0.957 bits per heavy atom. The zero-order valence-electron chi connectivity index (χ0n) is 24.0. The number of phenols is 1. The topological polar surface area (TPSA) is 127 Å². The number of fused-ring (bicyclic) bond motifs is 2. The minimum Gasteiger partial charge on any atom is -0.508 e. The summed E-state index contributed by atoms with van der Waals surface area (Å²) in [6.45, 7) is -0.447. The number of phenolic OH excluding ortho intramolecular Hbond substituents is 1. The van der Waals surface area contributed by atoms with E-state index in [1.54, 1.807) is 18.2 Å². The summed E-state index contributed by atoms with van der Waals surface area (Å²) in [5, 5.41) is 11.2. The number of amides is 3. The number of imide groups is 1. The average Bonchev–Trinajstić information content (AvgIpc) is 3.47. The molecule has 1 aromatic heterocycles. The first kappa shape index (κ1) is 31.2. The fourth-order valence-corrected chi connectivity index (χ4v) is 8.47. The Bertz CT molecular complexity index is 1920. The second-order valence-corrected chi connectivity index (χ2v) is 12.5. The SMILES string of the molecule is COc1ccc([C@@H]2c3sc(=O)n(CC(=O)Nc4ccc(O)cc4)c3S[C@H]3C(=O)N(c4ccccc4C(F)(F)F)C(=O)[C@@H]23)cc1OC. The van der Waals surface area contributed by atoms with Gasteiger partial charge in [0.05, 0.1) is 36.4 Å². The van der Waals surface area contributed by atoms with E-state index in [4.69, 9.17) is 9.47 Å². The smallest absolute Gasteiger partial charge is 0.418 e. The van der Waals surface area contributed by atoms with Gasteiger partial charge in [0.25, 0.3) is 0 Å². The average molecular weight is 672 g/mol. The van der Waals surface area contributed by atoms with E-state index in [0.29, 0.717) is 32.5 Å². The number of aromatic hydroxyl groups is 1. The van der Waals surface area contributed by atoms with Crippen molar-refractivity contribution in [1.82, 2.24) is 4.57 Å². The molecule has 3 heterocycles. The summed E-state index contributed by atoms with van der Waals surface area (Å²) in [6.07, 6.45) is -4.84. The maximum Gasteiger partial charge on any atom is 0.418 e. The molecule has 0 saturated carbocycles. The van der Waals surface area contributed by atoms with E-state index in [1.807, 2.05) is 0 Å². The summed E-state index contributed by atoms with van der Waals surface area (Å²) in [5.74, 6) is -3.74. The van der Waals surface area contributed by atoms with Gasteiger partial charge in [-0.15, -0.1) is 0 Å². The largest absolute Gasteiger partial charge is 0.508 e. The maximum atomic E-state index is 14.1. The summed E-state index contributed by atoms with van der Waals surface area (Å²) >= 11 is 1.67.